The smallest absolute Gasteiger partial charge is 0.187 e. The molecule has 1 aliphatic heterocycles. The van der Waals surface area contributed by atoms with Gasteiger partial charge in [0.15, 0.2) is 47.9 Å². The Morgan fingerprint density at radius 2 is 0.844 bits per heavy atom. The van der Waals surface area contributed by atoms with E-state index in [1.807, 2.05) is 0 Å². The van der Waals surface area contributed by atoms with Crippen LogP contribution >= 0.6 is 0 Å². The lowest BCUT2D eigenvalue weighted by molar-refractivity contribution is -0.268. The molecule has 0 bridgehead atoms. The van der Waals surface area contributed by atoms with E-state index in [9.17, 15) is 0 Å². The van der Waals surface area contributed by atoms with Crippen LogP contribution in [0.3, 0.4) is 0 Å². The van der Waals surface area contributed by atoms with Crippen LogP contribution in [0.5, 0.6) is 0 Å². The number of hydrogen-bond acceptors (Lipinski definition) is 6. The fraction of sp³-hybridized carbons (Fsp3) is 1.00. The van der Waals surface area contributed by atoms with Crippen molar-refractivity contribution in [2.24, 2.45) is 0 Å². The van der Waals surface area contributed by atoms with Gasteiger partial charge in [-0.3, -0.25) is 0 Å². The van der Waals surface area contributed by atoms with Gasteiger partial charge >= 0.3 is 0 Å². The highest BCUT2D eigenvalue weighted by molar-refractivity contribution is 6.71. The van der Waals surface area contributed by atoms with Crippen LogP contribution in [0.25, 0.3) is 0 Å². The fourth-order valence-electron chi connectivity index (χ4n) is 3.41. The molecule has 5 atom stereocenters. The van der Waals surface area contributed by atoms with Gasteiger partial charge in [0, 0.05) is 0 Å². The summed E-state index contributed by atoms with van der Waals surface area (Å²) in [7, 11) is -9.37. The summed E-state index contributed by atoms with van der Waals surface area (Å²) in [5.74, 6) is 0. The molecule has 0 unspecified atom stereocenters. The minimum Gasteiger partial charge on any atom is -0.415 e. The summed E-state index contributed by atoms with van der Waals surface area (Å²) in [6.07, 6.45) is -1.54. The van der Waals surface area contributed by atoms with Crippen molar-refractivity contribution in [3.8, 4) is 0 Å². The maximum atomic E-state index is 6.85. The van der Waals surface area contributed by atoms with E-state index in [4.69, 9.17) is 26.9 Å². The van der Waals surface area contributed by atoms with Crippen molar-refractivity contribution in [3.63, 3.8) is 0 Å². The fourth-order valence-corrected chi connectivity index (χ4v) is 8.21. The predicted octanol–water partition coefficient (Wildman–Crippen LogP) is 6.07. The summed E-state index contributed by atoms with van der Waals surface area (Å²) in [6, 6.07) is 0. The van der Waals surface area contributed by atoms with Gasteiger partial charge in [0.05, 0.1) is 6.61 Å². The van der Waals surface area contributed by atoms with Gasteiger partial charge in [0.25, 0.3) is 0 Å². The average Bonchev–Trinajstić information content (AvgIpc) is 2.45. The van der Waals surface area contributed by atoms with Crippen LogP contribution in [0.1, 0.15) is 0 Å². The molecule has 0 aromatic rings. The van der Waals surface area contributed by atoms with Crippen LogP contribution in [0.4, 0.5) is 0 Å². The van der Waals surface area contributed by atoms with Gasteiger partial charge in [-0.1, -0.05) is 0 Å². The van der Waals surface area contributed by atoms with Crippen LogP contribution in [0, 0.1) is 0 Å². The monoisotopic (exact) mass is 540 g/mol. The molecule has 0 aliphatic carbocycles. The Morgan fingerprint density at radius 3 is 1.22 bits per heavy atom. The molecule has 1 saturated heterocycles. The lowest BCUT2D eigenvalue weighted by atomic mass is 9.99. The first-order chi connectivity index (χ1) is 14.0. The van der Waals surface area contributed by atoms with Gasteiger partial charge in [0.1, 0.15) is 24.4 Å². The third kappa shape index (κ3) is 12.5. The van der Waals surface area contributed by atoms with Crippen molar-refractivity contribution in [1.29, 1.82) is 0 Å². The second-order valence-corrected chi connectivity index (χ2v) is 36.1. The topological polar surface area (TPSA) is 55.4 Å². The van der Waals surface area contributed by atoms with Crippen LogP contribution in [0.15, 0.2) is 0 Å². The molecule has 0 spiro atoms. The Labute approximate surface area is 203 Å². The second kappa shape index (κ2) is 10.8. The molecule has 1 fully saturated rings. The molecule has 0 aromatic heterocycles. The third-order valence-electron chi connectivity index (χ3n) is 4.21. The minimum atomic E-state index is -1.92. The molecule has 11 heteroatoms. The molecule has 0 N–H and O–H groups in total. The largest absolute Gasteiger partial charge is 0.415 e. The zero-order chi connectivity index (χ0) is 25.3. The minimum absolute atomic E-state index is 0.243. The summed E-state index contributed by atoms with van der Waals surface area (Å²) in [4.78, 5) is 0. The second-order valence-electron chi connectivity index (χ2n) is 13.8. The standard InChI is InChI=1S/C21H52O6Si5/c1-28(2,3)22-16-17-18(24-29(4,5)6)19(25-30(7,8)9)20(26-31(10,11)12)21(23-17)27-32(13,14)15/h17-21H,16H2,1-15H3/t17-,18+,19-,20-,21-/m1/s1. The Kier molecular flexibility index (Phi) is 10.5. The number of ether oxygens (including phenoxy) is 1. The molecule has 192 valence electrons. The maximum Gasteiger partial charge on any atom is 0.187 e. The van der Waals surface area contributed by atoms with E-state index in [0.29, 0.717) is 6.61 Å². The van der Waals surface area contributed by atoms with E-state index < -0.39 is 47.9 Å². The van der Waals surface area contributed by atoms with Crippen LogP contribution in [-0.2, 0) is 26.9 Å². The van der Waals surface area contributed by atoms with E-state index in [1.54, 1.807) is 0 Å². The quantitative estimate of drug-likeness (QED) is 0.296. The Balaban J connectivity index is 3.50. The predicted molar refractivity (Wildman–Crippen MR) is 147 cm³/mol. The van der Waals surface area contributed by atoms with Crippen molar-refractivity contribution < 1.29 is 26.9 Å². The molecule has 1 aliphatic rings. The SMILES string of the molecule is C[Si](C)(C)OC[C@H]1O[C@H](O[Si](C)(C)C)[C@H](O[Si](C)(C)C)[C@H](O[Si](C)(C)C)[C@H]1O[Si](C)(C)C. The van der Waals surface area contributed by atoms with Gasteiger partial charge in [-0.25, -0.2) is 0 Å². The van der Waals surface area contributed by atoms with E-state index in [0.717, 1.165) is 0 Å². The third-order valence-corrected chi connectivity index (χ3v) is 9.12. The summed E-state index contributed by atoms with van der Waals surface area (Å²) in [5.41, 5.74) is 0. The molecule has 0 amide bonds. The van der Waals surface area contributed by atoms with Gasteiger partial charge < -0.3 is 26.9 Å². The van der Waals surface area contributed by atoms with Crippen molar-refractivity contribution in [2.45, 2.75) is 129 Å². The van der Waals surface area contributed by atoms with Gasteiger partial charge in [-0.2, -0.15) is 0 Å². The van der Waals surface area contributed by atoms with Crippen LogP contribution < -0.4 is 0 Å². The average molecular weight is 541 g/mol. The van der Waals surface area contributed by atoms with Gasteiger partial charge in [-0.15, -0.1) is 0 Å². The normalized spacial score (nSPS) is 28.8. The van der Waals surface area contributed by atoms with Crippen LogP contribution in [0.2, 0.25) is 98.2 Å². The van der Waals surface area contributed by atoms with Crippen molar-refractivity contribution in [1.82, 2.24) is 0 Å². The molecule has 32 heavy (non-hydrogen) atoms. The van der Waals surface area contributed by atoms with Crippen molar-refractivity contribution in [3.05, 3.63) is 0 Å². The van der Waals surface area contributed by atoms with E-state index in [-0.39, 0.29) is 24.4 Å². The number of rotatable bonds is 11. The highest BCUT2D eigenvalue weighted by atomic mass is 28.4. The molecule has 0 radical (unpaired) electrons. The molecule has 1 heterocycles. The van der Waals surface area contributed by atoms with Crippen molar-refractivity contribution in [2.75, 3.05) is 6.61 Å². The first-order valence-electron chi connectivity index (χ1n) is 12.0. The zero-order valence-corrected chi connectivity index (χ0v) is 28.5. The van der Waals surface area contributed by atoms with Crippen LogP contribution in [-0.4, -0.2) is 78.9 Å². The highest BCUT2D eigenvalue weighted by Gasteiger charge is 2.52. The Bertz CT molecular complexity index is 586. The summed E-state index contributed by atoms with van der Waals surface area (Å²) in [6.45, 7) is 33.6. The molecule has 1 rings (SSSR count). The first kappa shape index (κ1) is 30.9. The molecular weight excluding hydrogens is 489 g/mol. The lowest BCUT2D eigenvalue weighted by Gasteiger charge is -2.51. The Morgan fingerprint density at radius 1 is 0.469 bits per heavy atom. The molecular formula is C21H52O6Si5. The van der Waals surface area contributed by atoms with E-state index >= 15 is 0 Å². The van der Waals surface area contributed by atoms with E-state index in [1.165, 1.54) is 0 Å². The lowest BCUT2D eigenvalue weighted by Crippen LogP contribution is -2.67. The summed E-state index contributed by atoms with van der Waals surface area (Å²) in [5, 5.41) is 0. The summed E-state index contributed by atoms with van der Waals surface area (Å²) < 4.78 is 39.9. The highest BCUT2D eigenvalue weighted by Crippen LogP contribution is 2.35. The molecule has 0 saturated carbocycles. The summed E-state index contributed by atoms with van der Waals surface area (Å²) >= 11 is 0. The van der Waals surface area contributed by atoms with Gasteiger partial charge in [0.2, 0.25) is 0 Å². The molecule has 6 nitrogen and oxygen atoms in total. The maximum absolute atomic E-state index is 6.85. The van der Waals surface area contributed by atoms with Crippen molar-refractivity contribution >= 4 is 41.6 Å². The zero-order valence-electron chi connectivity index (χ0n) is 23.5. The van der Waals surface area contributed by atoms with Gasteiger partial charge in [-0.05, 0) is 98.2 Å². The molecule has 0 aromatic carbocycles. The number of hydrogen-bond donors (Lipinski definition) is 0. The Hall–Kier alpha value is 0.844. The van der Waals surface area contributed by atoms with E-state index in [2.05, 4.69) is 98.2 Å². The first-order valence-corrected chi connectivity index (χ1v) is 29.0.